The molecule has 0 aliphatic heterocycles. The Hall–Kier alpha value is -1.06. The van der Waals surface area contributed by atoms with Gasteiger partial charge in [0.1, 0.15) is 0 Å². The number of carboxylic acids is 2. The quantitative estimate of drug-likeness (QED) is 0.809. The second-order valence-corrected chi connectivity index (χ2v) is 6.59. The van der Waals surface area contributed by atoms with Crippen LogP contribution in [0.5, 0.6) is 0 Å². The summed E-state index contributed by atoms with van der Waals surface area (Å²) in [4.78, 5) is 21.9. The van der Waals surface area contributed by atoms with Crippen molar-refractivity contribution in [2.75, 3.05) is 0 Å². The van der Waals surface area contributed by atoms with Crippen LogP contribution in [-0.4, -0.2) is 22.2 Å². The first-order valence-corrected chi connectivity index (χ1v) is 6.82. The molecule has 2 bridgehead atoms. The Morgan fingerprint density at radius 3 is 2.44 bits per heavy atom. The lowest BCUT2D eigenvalue weighted by molar-refractivity contribution is -0.143. The zero-order valence-electron chi connectivity index (χ0n) is 10.9. The molecule has 0 aromatic carbocycles. The Kier molecular flexibility index (Phi) is 3.64. The second-order valence-electron chi connectivity index (χ2n) is 6.59. The number of carboxylic acid groups (broad SMARTS) is 2. The van der Waals surface area contributed by atoms with Gasteiger partial charge in [0.15, 0.2) is 0 Å². The number of carbonyl (C=O) groups is 2. The molecule has 2 saturated carbocycles. The third kappa shape index (κ3) is 3.03. The van der Waals surface area contributed by atoms with Crippen molar-refractivity contribution in [3.05, 3.63) is 0 Å². The highest BCUT2D eigenvalue weighted by Crippen LogP contribution is 2.55. The van der Waals surface area contributed by atoms with Crippen molar-refractivity contribution >= 4 is 11.9 Å². The molecular weight excluding hydrogens is 232 g/mol. The van der Waals surface area contributed by atoms with Gasteiger partial charge in [0.05, 0.1) is 6.42 Å². The first-order valence-electron chi connectivity index (χ1n) is 6.82. The van der Waals surface area contributed by atoms with E-state index in [1.165, 1.54) is 0 Å². The van der Waals surface area contributed by atoms with E-state index in [1.54, 1.807) is 0 Å². The number of rotatable bonds is 4. The predicted octanol–water partition coefficient (Wildman–Crippen LogP) is 2.77. The number of hydrogen-bond acceptors (Lipinski definition) is 2. The average molecular weight is 254 g/mol. The Balaban J connectivity index is 2.12. The maximum absolute atomic E-state index is 11.1. The summed E-state index contributed by atoms with van der Waals surface area (Å²) in [6, 6.07) is 0. The summed E-state index contributed by atoms with van der Waals surface area (Å²) in [5.74, 6) is -0.203. The maximum atomic E-state index is 11.1. The van der Waals surface area contributed by atoms with Gasteiger partial charge in [-0.1, -0.05) is 6.92 Å². The smallest absolute Gasteiger partial charge is 0.303 e. The Labute approximate surface area is 107 Å². The number of fused-ring (bicyclic) bond motifs is 2. The number of hydrogen-bond donors (Lipinski definition) is 2. The fourth-order valence-corrected chi connectivity index (χ4v) is 4.62. The van der Waals surface area contributed by atoms with Gasteiger partial charge in [-0.2, -0.15) is 0 Å². The summed E-state index contributed by atoms with van der Waals surface area (Å²) in [6.07, 6.45) is 5.24. The van der Waals surface area contributed by atoms with E-state index in [9.17, 15) is 9.59 Å². The first-order chi connectivity index (χ1) is 8.38. The van der Waals surface area contributed by atoms with Crippen LogP contribution in [0.4, 0.5) is 0 Å². The van der Waals surface area contributed by atoms with Crippen molar-refractivity contribution in [3.8, 4) is 0 Å². The molecule has 4 unspecified atom stereocenters. The molecule has 18 heavy (non-hydrogen) atoms. The van der Waals surface area contributed by atoms with Crippen molar-refractivity contribution in [3.63, 3.8) is 0 Å². The highest BCUT2D eigenvalue weighted by molar-refractivity contribution is 5.68. The number of aliphatic carboxylic acids is 2. The summed E-state index contributed by atoms with van der Waals surface area (Å²) in [6.45, 7) is 2.19. The predicted molar refractivity (Wildman–Crippen MR) is 66.2 cm³/mol. The van der Waals surface area contributed by atoms with Crippen LogP contribution in [0, 0.1) is 23.2 Å². The normalized spacial score (nSPS) is 39.3. The van der Waals surface area contributed by atoms with Gasteiger partial charge < -0.3 is 10.2 Å². The van der Waals surface area contributed by atoms with E-state index in [-0.39, 0.29) is 24.2 Å². The van der Waals surface area contributed by atoms with Crippen molar-refractivity contribution in [1.82, 2.24) is 0 Å². The topological polar surface area (TPSA) is 74.6 Å². The molecule has 2 aliphatic carbocycles. The Morgan fingerprint density at radius 2 is 1.83 bits per heavy atom. The fraction of sp³-hybridized carbons (Fsp3) is 0.857. The third-order valence-corrected chi connectivity index (χ3v) is 4.62. The van der Waals surface area contributed by atoms with E-state index < -0.39 is 11.9 Å². The summed E-state index contributed by atoms with van der Waals surface area (Å²) >= 11 is 0. The summed E-state index contributed by atoms with van der Waals surface area (Å²) in [5, 5.41) is 18.0. The highest BCUT2D eigenvalue weighted by Gasteiger charge is 2.46. The van der Waals surface area contributed by atoms with E-state index in [2.05, 4.69) is 6.92 Å². The van der Waals surface area contributed by atoms with Gasteiger partial charge >= 0.3 is 11.9 Å². The summed E-state index contributed by atoms with van der Waals surface area (Å²) in [5.41, 5.74) is -0.132. The standard InChI is InChI=1S/C14H22O4/c1-9-2-10-3-11(4-12(15)16)7-14(5-9,6-10)8-13(17)18/h9-11H,2-8H2,1H3,(H,15,16)(H,17,18). The SMILES string of the molecule is CC1CC2CC(CC(=O)O)CC(CC(=O)O)(C1)C2. The zero-order chi connectivity index (χ0) is 13.3. The molecule has 0 heterocycles. The molecule has 4 nitrogen and oxygen atoms in total. The van der Waals surface area contributed by atoms with Gasteiger partial charge in [-0.3, -0.25) is 9.59 Å². The molecule has 0 saturated heterocycles. The molecule has 0 aromatic rings. The third-order valence-electron chi connectivity index (χ3n) is 4.62. The molecule has 2 fully saturated rings. The lowest BCUT2D eigenvalue weighted by Crippen LogP contribution is -2.41. The van der Waals surface area contributed by atoms with Crippen molar-refractivity contribution in [2.24, 2.45) is 23.2 Å². The molecule has 4 heteroatoms. The minimum absolute atomic E-state index is 0.132. The van der Waals surface area contributed by atoms with Crippen LogP contribution in [-0.2, 0) is 9.59 Å². The molecule has 0 radical (unpaired) electrons. The molecule has 0 aromatic heterocycles. The molecule has 2 aliphatic rings. The largest absolute Gasteiger partial charge is 0.481 e. The van der Waals surface area contributed by atoms with Crippen molar-refractivity contribution < 1.29 is 19.8 Å². The van der Waals surface area contributed by atoms with Crippen LogP contribution in [0.25, 0.3) is 0 Å². The average Bonchev–Trinajstić information content (AvgIpc) is 2.10. The fourth-order valence-electron chi connectivity index (χ4n) is 4.62. The van der Waals surface area contributed by atoms with Crippen molar-refractivity contribution in [2.45, 2.75) is 51.9 Å². The molecular formula is C14H22O4. The van der Waals surface area contributed by atoms with Crippen molar-refractivity contribution in [1.29, 1.82) is 0 Å². The molecule has 0 amide bonds. The van der Waals surface area contributed by atoms with E-state index in [0.717, 1.165) is 32.1 Å². The summed E-state index contributed by atoms with van der Waals surface area (Å²) < 4.78 is 0. The highest BCUT2D eigenvalue weighted by atomic mass is 16.4. The van der Waals surface area contributed by atoms with Crippen LogP contribution in [0.3, 0.4) is 0 Å². The van der Waals surface area contributed by atoms with E-state index in [0.29, 0.717) is 11.8 Å². The van der Waals surface area contributed by atoms with Gasteiger partial charge in [0, 0.05) is 6.42 Å². The van der Waals surface area contributed by atoms with Crippen LogP contribution in [0.2, 0.25) is 0 Å². The van der Waals surface area contributed by atoms with Gasteiger partial charge in [0.2, 0.25) is 0 Å². The van der Waals surface area contributed by atoms with Gasteiger partial charge in [-0.05, 0) is 55.3 Å². The molecule has 0 spiro atoms. The Morgan fingerprint density at radius 1 is 1.11 bits per heavy atom. The lowest BCUT2D eigenvalue weighted by atomic mass is 9.55. The molecule has 4 atom stereocenters. The van der Waals surface area contributed by atoms with Crippen LogP contribution < -0.4 is 0 Å². The minimum atomic E-state index is -0.751. The molecule has 102 valence electrons. The van der Waals surface area contributed by atoms with Crippen LogP contribution >= 0.6 is 0 Å². The monoisotopic (exact) mass is 254 g/mol. The first kappa shape index (κ1) is 13.4. The van der Waals surface area contributed by atoms with Crippen LogP contribution in [0.1, 0.15) is 51.9 Å². The van der Waals surface area contributed by atoms with Crippen LogP contribution in [0.15, 0.2) is 0 Å². The van der Waals surface area contributed by atoms with E-state index in [4.69, 9.17) is 10.2 Å². The maximum Gasteiger partial charge on any atom is 0.303 e. The van der Waals surface area contributed by atoms with E-state index >= 15 is 0 Å². The van der Waals surface area contributed by atoms with Gasteiger partial charge in [-0.15, -0.1) is 0 Å². The second kappa shape index (κ2) is 4.90. The Bertz CT molecular complexity index is 348. The van der Waals surface area contributed by atoms with Gasteiger partial charge in [0.25, 0.3) is 0 Å². The minimum Gasteiger partial charge on any atom is -0.481 e. The van der Waals surface area contributed by atoms with Gasteiger partial charge in [-0.25, -0.2) is 0 Å². The van der Waals surface area contributed by atoms with E-state index in [1.807, 2.05) is 0 Å². The lowest BCUT2D eigenvalue weighted by Gasteiger charge is -2.50. The summed E-state index contributed by atoms with van der Waals surface area (Å²) in [7, 11) is 0. The molecule has 2 rings (SSSR count). The molecule has 2 N–H and O–H groups in total. The zero-order valence-corrected chi connectivity index (χ0v) is 10.9.